The quantitative estimate of drug-likeness (QED) is 0.468. The number of ether oxygens (including phenoxy) is 1. The van der Waals surface area contributed by atoms with Gasteiger partial charge in [0.2, 0.25) is 5.91 Å². The summed E-state index contributed by atoms with van der Waals surface area (Å²) < 4.78 is 20.6. The van der Waals surface area contributed by atoms with Gasteiger partial charge in [0, 0.05) is 19.6 Å². The largest absolute Gasteiger partial charge is 0.383 e. The summed E-state index contributed by atoms with van der Waals surface area (Å²) in [6.45, 7) is 2.72. The zero-order valence-electron chi connectivity index (χ0n) is 18.8. The van der Waals surface area contributed by atoms with E-state index in [-0.39, 0.29) is 22.4 Å². The maximum absolute atomic E-state index is 13.9. The molecular formula is C25H27ClFN3O3. The lowest BCUT2D eigenvalue weighted by Gasteiger charge is -2.37. The standard InChI is InChI=1S/C25H27ClFN3O3/c1-3-22(29(13-14-33-2)24(31)16-7-6-8-16)23-28-21-10-5-4-9-18(21)25(32)30(23)17-11-12-20(27)19(26)15-17/h4-5,9-12,15-16,22H,3,6-8,13-14H2,1-2H3. The molecule has 4 rings (SSSR count). The van der Waals surface area contributed by atoms with E-state index in [1.54, 1.807) is 30.2 Å². The molecule has 0 spiro atoms. The van der Waals surface area contributed by atoms with Crippen LogP contribution in [0.4, 0.5) is 4.39 Å². The van der Waals surface area contributed by atoms with E-state index < -0.39 is 11.9 Å². The monoisotopic (exact) mass is 471 g/mol. The van der Waals surface area contributed by atoms with Crippen molar-refractivity contribution in [3.63, 3.8) is 0 Å². The summed E-state index contributed by atoms with van der Waals surface area (Å²) in [5, 5.41) is 0.346. The SMILES string of the molecule is CCC(c1nc2ccccc2c(=O)n1-c1ccc(F)c(Cl)c1)N(CCOC)C(=O)C1CCC1. The number of hydrogen-bond acceptors (Lipinski definition) is 4. The minimum Gasteiger partial charge on any atom is -0.383 e. The van der Waals surface area contributed by atoms with Crippen LogP contribution in [0, 0.1) is 11.7 Å². The molecule has 6 nitrogen and oxygen atoms in total. The maximum atomic E-state index is 13.9. The highest BCUT2D eigenvalue weighted by Gasteiger charge is 2.35. The maximum Gasteiger partial charge on any atom is 0.266 e. The van der Waals surface area contributed by atoms with Crippen LogP contribution in [0.1, 0.15) is 44.5 Å². The number of carbonyl (C=O) groups excluding carboxylic acids is 1. The molecule has 1 unspecified atom stereocenters. The third kappa shape index (κ3) is 4.52. The fourth-order valence-electron chi connectivity index (χ4n) is 4.29. The molecule has 33 heavy (non-hydrogen) atoms. The number of para-hydroxylation sites is 1. The number of fused-ring (bicyclic) bond motifs is 1. The third-order valence-corrected chi connectivity index (χ3v) is 6.59. The van der Waals surface area contributed by atoms with Gasteiger partial charge < -0.3 is 9.64 Å². The highest BCUT2D eigenvalue weighted by atomic mass is 35.5. The average molecular weight is 472 g/mol. The van der Waals surface area contributed by atoms with E-state index in [1.807, 2.05) is 13.0 Å². The molecule has 0 aliphatic heterocycles. The smallest absolute Gasteiger partial charge is 0.266 e. The molecule has 1 aromatic heterocycles. The summed E-state index contributed by atoms with van der Waals surface area (Å²) in [6.07, 6.45) is 3.31. The van der Waals surface area contributed by atoms with Crippen molar-refractivity contribution in [1.82, 2.24) is 14.5 Å². The first-order valence-electron chi connectivity index (χ1n) is 11.2. The first-order chi connectivity index (χ1) is 16.0. The second-order valence-electron chi connectivity index (χ2n) is 8.30. The van der Waals surface area contributed by atoms with E-state index in [2.05, 4.69) is 0 Å². The number of carbonyl (C=O) groups is 1. The fourth-order valence-corrected chi connectivity index (χ4v) is 4.46. The molecule has 8 heteroatoms. The number of aromatic nitrogens is 2. The van der Waals surface area contributed by atoms with Gasteiger partial charge in [-0.05, 0) is 49.6 Å². The Balaban J connectivity index is 1.93. The van der Waals surface area contributed by atoms with Gasteiger partial charge in [0.05, 0.1) is 34.3 Å². The Hall–Kier alpha value is -2.77. The summed E-state index contributed by atoms with van der Waals surface area (Å²) >= 11 is 6.06. The van der Waals surface area contributed by atoms with Gasteiger partial charge >= 0.3 is 0 Å². The second kappa shape index (κ2) is 10.0. The molecule has 1 amide bonds. The van der Waals surface area contributed by atoms with Gasteiger partial charge in [-0.25, -0.2) is 9.37 Å². The molecule has 1 saturated carbocycles. The number of methoxy groups -OCH3 is 1. The highest BCUT2D eigenvalue weighted by Crippen LogP contribution is 2.33. The van der Waals surface area contributed by atoms with Crippen LogP contribution in [0.25, 0.3) is 16.6 Å². The molecular weight excluding hydrogens is 445 g/mol. The van der Waals surface area contributed by atoms with Crippen LogP contribution in [0.15, 0.2) is 47.3 Å². The van der Waals surface area contributed by atoms with Gasteiger partial charge in [-0.1, -0.05) is 37.1 Å². The highest BCUT2D eigenvalue weighted by molar-refractivity contribution is 6.30. The van der Waals surface area contributed by atoms with Gasteiger partial charge in [-0.15, -0.1) is 0 Å². The Morgan fingerprint density at radius 2 is 2.06 bits per heavy atom. The van der Waals surface area contributed by atoms with Crippen molar-refractivity contribution < 1.29 is 13.9 Å². The van der Waals surface area contributed by atoms with Crippen LogP contribution in [0.3, 0.4) is 0 Å². The predicted octanol–water partition coefficient (Wildman–Crippen LogP) is 4.90. The van der Waals surface area contributed by atoms with Crippen LogP contribution >= 0.6 is 11.6 Å². The first-order valence-corrected chi connectivity index (χ1v) is 11.6. The van der Waals surface area contributed by atoms with Crippen molar-refractivity contribution in [2.24, 2.45) is 5.92 Å². The molecule has 1 aliphatic carbocycles. The average Bonchev–Trinajstić information content (AvgIpc) is 2.77. The number of benzene rings is 2. The van der Waals surface area contributed by atoms with E-state index in [9.17, 15) is 14.0 Å². The van der Waals surface area contributed by atoms with Gasteiger partial charge in [0.15, 0.2) is 0 Å². The summed E-state index contributed by atoms with van der Waals surface area (Å²) in [4.78, 5) is 33.6. The number of amides is 1. The Bertz CT molecular complexity index is 1230. The summed E-state index contributed by atoms with van der Waals surface area (Å²) in [5.41, 5.74) is 0.656. The Kier molecular flexibility index (Phi) is 7.10. The first kappa shape index (κ1) is 23.4. The molecule has 1 atom stereocenters. The van der Waals surface area contributed by atoms with E-state index in [0.29, 0.717) is 42.0 Å². The number of nitrogens with zero attached hydrogens (tertiary/aromatic N) is 3. The minimum atomic E-state index is -0.572. The van der Waals surface area contributed by atoms with Crippen LogP contribution in [-0.4, -0.2) is 40.6 Å². The van der Waals surface area contributed by atoms with Crippen LogP contribution < -0.4 is 5.56 Å². The summed E-state index contributed by atoms with van der Waals surface area (Å²) in [5.74, 6) is -0.113. The molecule has 0 N–H and O–H groups in total. The molecule has 1 aliphatic rings. The molecule has 174 valence electrons. The van der Waals surface area contributed by atoms with E-state index in [4.69, 9.17) is 21.3 Å². The molecule has 3 aromatic rings. The van der Waals surface area contributed by atoms with Crippen molar-refractivity contribution in [3.8, 4) is 5.69 Å². The Labute approximate surface area is 196 Å². The molecule has 0 radical (unpaired) electrons. The number of rotatable bonds is 8. The number of halogens is 2. The topological polar surface area (TPSA) is 64.4 Å². The minimum absolute atomic E-state index is 0.0169. The summed E-state index contributed by atoms with van der Waals surface area (Å²) in [7, 11) is 1.59. The van der Waals surface area contributed by atoms with Crippen LogP contribution in [-0.2, 0) is 9.53 Å². The second-order valence-corrected chi connectivity index (χ2v) is 8.71. The van der Waals surface area contributed by atoms with E-state index in [0.717, 1.165) is 19.3 Å². The van der Waals surface area contributed by atoms with Crippen molar-refractivity contribution in [1.29, 1.82) is 0 Å². The third-order valence-electron chi connectivity index (χ3n) is 6.30. The van der Waals surface area contributed by atoms with Crippen molar-refractivity contribution in [2.45, 2.75) is 38.6 Å². The van der Waals surface area contributed by atoms with Crippen molar-refractivity contribution in [3.05, 3.63) is 69.5 Å². The lowest BCUT2D eigenvalue weighted by Crippen LogP contribution is -2.44. The van der Waals surface area contributed by atoms with Crippen LogP contribution in [0.2, 0.25) is 5.02 Å². The summed E-state index contributed by atoms with van der Waals surface area (Å²) in [6, 6.07) is 10.8. The lowest BCUT2D eigenvalue weighted by molar-refractivity contribution is -0.142. The fraction of sp³-hybridized carbons (Fsp3) is 0.400. The zero-order chi connectivity index (χ0) is 23.5. The normalized spacial score (nSPS) is 14.8. The van der Waals surface area contributed by atoms with Gasteiger partial charge in [-0.2, -0.15) is 0 Å². The number of hydrogen-bond donors (Lipinski definition) is 0. The Morgan fingerprint density at radius 3 is 2.70 bits per heavy atom. The van der Waals surface area contributed by atoms with Crippen molar-refractivity contribution in [2.75, 3.05) is 20.3 Å². The molecule has 1 fully saturated rings. The van der Waals surface area contributed by atoms with Crippen LogP contribution in [0.5, 0.6) is 0 Å². The molecule has 0 bridgehead atoms. The lowest BCUT2D eigenvalue weighted by atomic mass is 9.84. The van der Waals surface area contributed by atoms with Gasteiger partial charge in [0.1, 0.15) is 11.6 Å². The van der Waals surface area contributed by atoms with E-state index >= 15 is 0 Å². The van der Waals surface area contributed by atoms with Gasteiger partial charge in [-0.3, -0.25) is 14.2 Å². The van der Waals surface area contributed by atoms with Gasteiger partial charge in [0.25, 0.3) is 5.56 Å². The predicted molar refractivity (Wildman–Crippen MR) is 126 cm³/mol. The Morgan fingerprint density at radius 1 is 1.30 bits per heavy atom. The molecule has 0 saturated heterocycles. The molecule has 2 aromatic carbocycles. The van der Waals surface area contributed by atoms with Crippen molar-refractivity contribution >= 4 is 28.4 Å². The molecule has 1 heterocycles. The van der Waals surface area contributed by atoms with E-state index in [1.165, 1.54) is 22.8 Å². The zero-order valence-corrected chi connectivity index (χ0v) is 19.5.